The molecule has 2 fully saturated rings. The monoisotopic (exact) mass is 154 g/mol. The highest BCUT2D eigenvalue weighted by Crippen LogP contribution is 2.42. The largest absolute Gasteiger partial charge is 0.347 e. The first-order valence-corrected chi connectivity index (χ1v) is 4.36. The second kappa shape index (κ2) is 2.76. The van der Waals surface area contributed by atoms with E-state index < -0.39 is 0 Å². The molecule has 0 aromatic carbocycles. The minimum Gasteiger partial charge on any atom is -0.347 e. The van der Waals surface area contributed by atoms with Crippen LogP contribution in [-0.2, 0) is 9.47 Å². The first-order chi connectivity index (χ1) is 5.35. The summed E-state index contributed by atoms with van der Waals surface area (Å²) in [5.41, 5.74) is 0. The number of hydrogen-bond acceptors (Lipinski definition) is 2. The predicted molar refractivity (Wildman–Crippen MR) is 40.9 cm³/mol. The maximum absolute atomic E-state index is 5.72. The van der Waals surface area contributed by atoms with Crippen molar-refractivity contribution < 1.29 is 9.47 Å². The zero-order chi connectivity index (χ0) is 7.73. The summed E-state index contributed by atoms with van der Waals surface area (Å²) in [6, 6.07) is 0. The zero-order valence-corrected chi connectivity index (χ0v) is 6.71. The molecule has 1 aliphatic heterocycles. The Morgan fingerprint density at radius 3 is 2.73 bits per heavy atom. The second-order valence-electron chi connectivity index (χ2n) is 3.39. The first kappa shape index (κ1) is 7.56. The lowest BCUT2D eigenvalue weighted by Gasteiger charge is -2.36. The Bertz CT molecular complexity index is 140. The third-order valence-corrected chi connectivity index (χ3v) is 2.52. The molecule has 1 unspecified atom stereocenters. The minimum atomic E-state index is -0.167. The third kappa shape index (κ3) is 1.30. The molecular formula is C9H14O2. The van der Waals surface area contributed by atoms with E-state index >= 15 is 0 Å². The highest BCUT2D eigenvalue weighted by molar-refractivity contribution is 4.86. The lowest BCUT2D eigenvalue weighted by atomic mass is 9.91. The Morgan fingerprint density at radius 1 is 1.45 bits per heavy atom. The zero-order valence-electron chi connectivity index (χ0n) is 6.71. The van der Waals surface area contributed by atoms with Crippen LogP contribution in [0.4, 0.5) is 0 Å². The van der Waals surface area contributed by atoms with Crippen molar-refractivity contribution in [2.45, 2.75) is 44.0 Å². The molecule has 62 valence electrons. The second-order valence-corrected chi connectivity index (χ2v) is 3.39. The van der Waals surface area contributed by atoms with Gasteiger partial charge in [0.25, 0.3) is 0 Å². The fraction of sp³-hybridized carbons (Fsp3) is 0.889. The van der Waals surface area contributed by atoms with Crippen molar-refractivity contribution >= 4 is 0 Å². The van der Waals surface area contributed by atoms with E-state index in [2.05, 4.69) is 0 Å². The molecule has 0 amide bonds. The average molecular weight is 154 g/mol. The SMILES string of the molecule is [CH]CCC1COC2(CCC2)O1. The molecule has 2 heteroatoms. The topological polar surface area (TPSA) is 18.5 Å². The molecule has 1 saturated heterocycles. The number of hydrogen-bond donors (Lipinski definition) is 0. The summed E-state index contributed by atoms with van der Waals surface area (Å²) in [5.74, 6) is -0.167. The van der Waals surface area contributed by atoms with Crippen LogP contribution in [0.15, 0.2) is 0 Å². The molecule has 0 N–H and O–H groups in total. The summed E-state index contributed by atoms with van der Waals surface area (Å²) in [6.07, 6.45) is 5.30. The van der Waals surface area contributed by atoms with Gasteiger partial charge < -0.3 is 9.47 Å². The molecule has 11 heavy (non-hydrogen) atoms. The van der Waals surface area contributed by atoms with Gasteiger partial charge in [-0.15, -0.1) is 0 Å². The van der Waals surface area contributed by atoms with Gasteiger partial charge in [-0.05, 0) is 26.2 Å². The van der Waals surface area contributed by atoms with Crippen LogP contribution < -0.4 is 0 Å². The van der Waals surface area contributed by atoms with Gasteiger partial charge in [0.1, 0.15) is 0 Å². The van der Waals surface area contributed by atoms with Crippen LogP contribution >= 0.6 is 0 Å². The lowest BCUT2D eigenvalue weighted by Crippen LogP contribution is -2.38. The van der Waals surface area contributed by atoms with E-state index in [-0.39, 0.29) is 11.9 Å². The van der Waals surface area contributed by atoms with Gasteiger partial charge in [-0.2, -0.15) is 0 Å². The third-order valence-electron chi connectivity index (χ3n) is 2.52. The molecular weight excluding hydrogens is 140 g/mol. The summed E-state index contributed by atoms with van der Waals surface area (Å²) in [6.45, 7) is 6.17. The molecule has 1 atom stereocenters. The van der Waals surface area contributed by atoms with Crippen molar-refractivity contribution in [2.24, 2.45) is 0 Å². The van der Waals surface area contributed by atoms with Crippen LogP contribution in [0.5, 0.6) is 0 Å². The van der Waals surface area contributed by atoms with Gasteiger partial charge >= 0.3 is 0 Å². The van der Waals surface area contributed by atoms with Crippen LogP contribution in [-0.4, -0.2) is 18.5 Å². The molecule has 2 radical (unpaired) electrons. The fourth-order valence-corrected chi connectivity index (χ4v) is 1.67. The van der Waals surface area contributed by atoms with E-state index in [1.165, 1.54) is 6.42 Å². The summed E-state index contributed by atoms with van der Waals surface area (Å²) in [5, 5.41) is 0. The number of ether oxygens (including phenoxy) is 2. The summed E-state index contributed by atoms with van der Waals surface area (Å²) in [4.78, 5) is 0. The Morgan fingerprint density at radius 2 is 2.27 bits per heavy atom. The van der Waals surface area contributed by atoms with Crippen LogP contribution in [0.3, 0.4) is 0 Å². The van der Waals surface area contributed by atoms with E-state index in [4.69, 9.17) is 16.4 Å². The molecule has 2 nitrogen and oxygen atoms in total. The van der Waals surface area contributed by atoms with E-state index in [0.29, 0.717) is 6.42 Å². The molecule has 0 bridgehead atoms. The fourth-order valence-electron chi connectivity index (χ4n) is 1.67. The van der Waals surface area contributed by atoms with Crippen molar-refractivity contribution in [3.63, 3.8) is 0 Å². The van der Waals surface area contributed by atoms with E-state index in [1.807, 2.05) is 0 Å². The number of rotatable bonds is 2. The average Bonchev–Trinajstić information content (AvgIpc) is 2.32. The normalized spacial score (nSPS) is 34.1. The molecule has 2 rings (SSSR count). The lowest BCUT2D eigenvalue weighted by molar-refractivity contribution is -0.215. The summed E-state index contributed by atoms with van der Waals surface area (Å²) < 4.78 is 11.3. The van der Waals surface area contributed by atoms with Crippen molar-refractivity contribution in [2.75, 3.05) is 6.61 Å². The van der Waals surface area contributed by atoms with Crippen LogP contribution in [0.2, 0.25) is 0 Å². The van der Waals surface area contributed by atoms with Gasteiger partial charge in [0.15, 0.2) is 5.79 Å². The van der Waals surface area contributed by atoms with Gasteiger partial charge in [-0.1, -0.05) is 0 Å². The maximum Gasteiger partial charge on any atom is 0.168 e. The molecule has 1 heterocycles. The molecule has 1 aliphatic carbocycles. The molecule has 2 aliphatic rings. The van der Waals surface area contributed by atoms with E-state index in [1.54, 1.807) is 0 Å². The maximum atomic E-state index is 5.72. The summed E-state index contributed by atoms with van der Waals surface area (Å²) in [7, 11) is 0. The Kier molecular flexibility index (Phi) is 1.90. The smallest absolute Gasteiger partial charge is 0.168 e. The molecule has 1 spiro atoms. The summed E-state index contributed by atoms with van der Waals surface area (Å²) >= 11 is 0. The quantitative estimate of drug-likeness (QED) is 0.603. The first-order valence-electron chi connectivity index (χ1n) is 4.36. The van der Waals surface area contributed by atoms with E-state index in [0.717, 1.165) is 25.9 Å². The Balaban J connectivity index is 1.83. The Hall–Kier alpha value is -0.0800. The van der Waals surface area contributed by atoms with Gasteiger partial charge in [0.05, 0.1) is 12.7 Å². The molecule has 0 aromatic rings. The Labute approximate surface area is 67.9 Å². The highest BCUT2D eigenvalue weighted by atomic mass is 16.7. The van der Waals surface area contributed by atoms with Gasteiger partial charge in [-0.3, -0.25) is 0 Å². The van der Waals surface area contributed by atoms with Crippen molar-refractivity contribution in [1.29, 1.82) is 0 Å². The van der Waals surface area contributed by atoms with Gasteiger partial charge in [0.2, 0.25) is 0 Å². The van der Waals surface area contributed by atoms with Crippen molar-refractivity contribution in [1.82, 2.24) is 0 Å². The molecule has 1 saturated carbocycles. The van der Waals surface area contributed by atoms with Gasteiger partial charge in [-0.25, -0.2) is 0 Å². The highest BCUT2D eigenvalue weighted by Gasteiger charge is 2.45. The van der Waals surface area contributed by atoms with Crippen molar-refractivity contribution in [3.05, 3.63) is 6.92 Å². The van der Waals surface area contributed by atoms with Crippen LogP contribution in [0, 0.1) is 6.92 Å². The predicted octanol–water partition coefficient (Wildman–Crippen LogP) is 1.77. The standard InChI is InChI=1S/C9H14O2/c1-2-4-8-7-10-9(11-8)5-3-6-9/h1,8H,2-7H2. The van der Waals surface area contributed by atoms with Crippen LogP contribution in [0.1, 0.15) is 32.1 Å². The van der Waals surface area contributed by atoms with Crippen LogP contribution in [0.25, 0.3) is 0 Å². The van der Waals surface area contributed by atoms with Gasteiger partial charge in [0, 0.05) is 12.8 Å². The van der Waals surface area contributed by atoms with Crippen molar-refractivity contribution in [3.8, 4) is 0 Å². The van der Waals surface area contributed by atoms with E-state index in [9.17, 15) is 0 Å². The minimum absolute atomic E-state index is 0.167. The molecule has 0 aromatic heterocycles.